The fourth-order valence-corrected chi connectivity index (χ4v) is 1.44. The minimum absolute atomic E-state index is 0.0736. The first-order chi connectivity index (χ1) is 8.72. The molecule has 5 N–H and O–H groups in total. The lowest BCUT2D eigenvalue weighted by atomic mass is 10.1. The summed E-state index contributed by atoms with van der Waals surface area (Å²) in [5, 5.41) is 20.5. The number of hydrogen-bond donors (Lipinski definition) is 4. The van der Waals surface area contributed by atoms with Gasteiger partial charge in [0, 0.05) is 11.8 Å². The Morgan fingerprint density at radius 1 is 1.39 bits per heavy atom. The first-order valence-corrected chi connectivity index (χ1v) is 5.10. The van der Waals surface area contributed by atoms with Gasteiger partial charge in [-0.2, -0.15) is 5.10 Å². The minimum atomic E-state index is -0.356. The van der Waals surface area contributed by atoms with Crippen molar-refractivity contribution in [3.8, 4) is 0 Å². The van der Waals surface area contributed by atoms with Crippen LogP contribution in [0.4, 0.5) is 5.69 Å². The summed E-state index contributed by atoms with van der Waals surface area (Å²) in [4.78, 5) is 11.8. The molecule has 0 aliphatic rings. The van der Waals surface area contributed by atoms with Crippen LogP contribution in [0.25, 0.3) is 0 Å². The highest BCUT2D eigenvalue weighted by atomic mass is 16.4. The van der Waals surface area contributed by atoms with Crippen LogP contribution >= 0.6 is 0 Å². The Labute approximate surface area is 102 Å². The molecule has 1 heterocycles. The van der Waals surface area contributed by atoms with Crippen LogP contribution in [0.2, 0.25) is 0 Å². The summed E-state index contributed by atoms with van der Waals surface area (Å²) in [6.45, 7) is 0. The zero-order valence-corrected chi connectivity index (χ0v) is 9.29. The second-order valence-corrected chi connectivity index (χ2v) is 3.46. The number of nitrogens with zero attached hydrogens (tertiary/aromatic N) is 2. The van der Waals surface area contributed by atoms with E-state index in [1.165, 1.54) is 6.20 Å². The SMILES string of the molecule is NC(=NO)c1ccccc1NC(=O)c1ccn[nH]1. The highest BCUT2D eigenvalue weighted by Gasteiger charge is 2.11. The van der Waals surface area contributed by atoms with Crippen molar-refractivity contribution in [1.29, 1.82) is 0 Å². The molecular formula is C11H11N5O2. The number of aromatic amines is 1. The van der Waals surface area contributed by atoms with E-state index in [2.05, 4.69) is 20.7 Å². The molecule has 0 aliphatic carbocycles. The molecule has 0 fully saturated rings. The van der Waals surface area contributed by atoms with Gasteiger partial charge in [0.15, 0.2) is 5.84 Å². The van der Waals surface area contributed by atoms with Gasteiger partial charge in [-0.25, -0.2) is 0 Å². The Morgan fingerprint density at radius 3 is 2.83 bits per heavy atom. The maximum absolute atomic E-state index is 11.8. The number of carbonyl (C=O) groups excluding carboxylic acids is 1. The molecule has 0 aliphatic heterocycles. The molecule has 0 unspecified atom stereocenters. The van der Waals surface area contributed by atoms with Gasteiger partial charge in [-0.15, -0.1) is 0 Å². The second kappa shape index (κ2) is 5.00. The van der Waals surface area contributed by atoms with E-state index in [0.29, 0.717) is 16.9 Å². The number of carbonyl (C=O) groups is 1. The average Bonchev–Trinajstić information content (AvgIpc) is 2.92. The highest BCUT2D eigenvalue weighted by molar-refractivity contribution is 6.09. The largest absolute Gasteiger partial charge is 0.409 e. The monoisotopic (exact) mass is 245 g/mol. The minimum Gasteiger partial charge on any atom is -0.409 e. The topological polar surface area (TPSA) is 116 Å². The molecule has 2 rings (SSSR count). The number of hydrogen-bond acceptors (Lipinski definition) is 4. The molecule has 0 atom stereocenters. The number of anilines is 1. The summed E-state index contributed by atoms with van der Waals surface area (Å²) in [7, 11) is 0. The molecule has 1 amide bonds. The molecule has 0 spiro atoms. The lowest BCUT2D eigenvalue weighted by Gasteiger charge is -2.08. The summed E-state index contributed by atoms with van der Waals surface area (Å²) >= 11 is 0. The summed E-state index contributed by atoms with van der Waals surface area (Å²) in [6, 6.07) is 8.29. The number of benzene rings is 1. The number of nitrogens with one attached hydrogen (secondary N) is 2. The van der Waals surface area contributed by atoms with Crippen molar-refractivity contribution in [2.75, 3.05) is 5.32 Å². The molecule has 7 heteroatoms. The molecule has 0 radical (unpaired) electrons. The number of oxime groups is 1. The van der Waals surface area contributed by atoms with Gasteiger partial charge in [-0.05, 0) is 18.2 Å². The summed E-state index contributed by atoms with van der Waals surface area (Å²) in [6.07, 6.45) is 1.48. The molecular weight excluding hydrogens is 234 g/mol. The van der Waals surface area contributed by atoms with Gasteiger partial charge in [-0.3, -0.25) is 9.89 Å². The van der Waals surface area contributed by atoms with E-state index in [1.54, 1.807) is 30.3 Å². The maximum Gasteiger partial charge on any atom is 0.273 e. The quantitative estimate of drug-likeness (QED) is 0.276. The Hall–Kier alpha value is -2.83. The van der Waals surface area contributed by atoms with Crippen molar-refractivity contribution in [3.05, 3.63) is 47.8 Å². The Balaban J connectivity index is 2.27. The van der Waals surface area contributed by atoms with Crippen LogP contribution in [-0.2, 0) is 0 Å². The molecule has 1 aromatic carbocycles. The molecule has 92 valence electrons. The van der Waals surface area contributed by atoms with Crippen LogP contribution in [0.15, 0.2) is 41.7 Å². The first kappa shape index (κ1) is 11.6. The molecule has 18 heavy (non-hydrogen) atoms. The number of amides is 1. The second-order valence-electron chi connectivity index (χ2n) is 3.46. The maximum atomic E-state index is 11.8. The summed E-state index contributed by atoms with van der Waals surface area (Å²) in [5.74, 6) is -0.429. The lowest BCUT2D eigenvalue weighted by Crippen LogP contribution is -2.19. The van der Waals surface area contributed by atoms with Crippen molar-refractivity contribution in [1.82, 2.24) is 10.2 Å². The van der Waals surface area contributed by atoms with Gasteiger partial charge < -0.3 is 16.3 Å². The number of amidine groups is 1. The molecule has 0 bridgehead atoms. The van der Waals surface area contributed by atoms with E-state index in [0.717, 1.165) is 0 Å². The van der Waals surface area contributed by atoms with Crippen LogP contribution in [0, 0.1) is 0 Å². The third-order valence-corrected chi connectivity index (χ3v) is 2.30. The standard InChI is InChI=1S/C11H11N5O2/c12-10(16-18)7-3-1-2-4-8(7)14-11(17)9-5-6-13-15-9/h1-6,18H,(H2,12,16)(H,13,15)(H,14,17). The number of nitrogens with two attached hydrogens (primary N) is 1. The Kier molecular flexibility index (Phi) is 3.24. The van der Waals surface area contributed by atoms with Gasteiger partial charge in [-0.1, -0.05) is 17.3 Å². The molecule has 1 aromatic heterocycles. The van der Waals surface area contributed by atoms with E-state index < -0.39 is 0 Å². The zero-order valence-electron chi connectivity index (χ0n) is 9.29. The molecule has 7 nitrogen and oxygen atoms in total. The smallest absolute Gasteiger partial charge is 0.273 e. The van der Waals surface area contributed by atoms with Crippen LogP contribution in [0.5, 0.6) is 0 Å². The van der Waals surface area contributed by atoms with Crippen LogP contribution in [-0.4, -0.2) is 27.1 Å². The van der Waals surface area contributed by atoms with Crippen molar-refractivity contribution in [2.45, 2.75) is 0 Å². The van der Waals surface area contributed by atoms with Gasteiger partial charge in [0.2, 0.25) is 0 Å². The van der Waals surface area contributed by atoms with Gasteiger partial charge in [0.05, 0.1) is 5.69 Å². The Morgan fingerprint density at radius 2 is 2.17 bits per heavy atom. The van der Waals surface area contributed by atoms with Gasteiger partial charge >= 0.3 is 0 Å². The van der Waals surface area contributed by atoms with Crippen molar-refractivity contribution in [3.63, 3.8) is 0 Å². The van der Waals surface area contributed by atoms with Crippen LogP contribution in [0.3, 0.4) is 0 Å². The zero-order chi connectivity index (χ0) is 13.0. The number of rotatable bonds is 3. The summed E-state index contributed by atoms with van der Waals surface area (Å²) < 4.78 is 0. The molecule has 2 aromatic rings. The summed E-state index contributed by atoms with van der Waals surface area (Å²) in [5.41, 5.74) is 6.73. The third-order valence-electron chi connectivity index (χ3n) is 2.30. The number of aromatic nitrogens is 2. The third kappa shape index (κ3) is 2.29. The fourth-order valence-electron chi connectivity index (χ4n) is 1.44. The predicted octanol–water partition coefficient (Wildman–Crippen LogP) is 0.756. The van der Waals surface area contributed by atoms with Crippen molar-refractivity contribution >= 4 is 17.4 Å². The first-order valence-electron chi connectivity index (χ1n) is 5.10. The number of para-hydroxylation sites is 1. The number of H-pyrrole nitrogens is 1. The van der Waals surface area contributed by atoms with Crippen molar-refractivity contribution in [2.24, 2.45) is 10.9 Å². The van der Waals surface area contributed by atoms with Crippen molar-refractivity contribution < 1.29 is 10.0 Å². The molecule has 0 saturated carbocycles. The van der Waals surface area contributed by atoms with Gasteiger partial charge in [0.1, 0.15) is 5.69 Å². The van der Waals surface area contributed by atoms with E-state index in [-0.39, 0.29) is 11.7 Å². The van der Waals surface area contributed by atoms with Gasteiger partial charge in [0.25, 0.3) is 5.91 Å². The Bertz CT molecular complexity index is 577. The van der Waals surface area contributed by atoms with E-state index in [1.807, 2.05) is 0 Å². The predicted molar refractivity (Wildman–Crippen MR) is 65.5 cm³/mol. The normalized spacial score (nSPS) is 11.2. The van der Waals surface area contributed by atoms with E-state index in [9.17, 15) is 4.79 Å². The van der Waals surface area contributed by atoms with Crippen LogP contribution in [0.1, 0.15) is 16.1 Å². The average molecular weight is 245 g/mol. The molecule has 0 saturated heterocycles. The highest BCUT2D eigenvalue weighted by Crippen LogP contribution is 2.15. The van der Waals surface area contributed by atoms with E-state index >= 15 is 0 Å². The fraction of sp³-hybridized carbons (Fsp3) is 0. The van der Waals surface area contributed by atoms with Crippen LogP contribution < -0.4 is 11.1 Å². The van der Waals surface area contributed by atoms with E-state index in [4.69, 9.17) is 10.9 Å². The lowest BCUT2D eigenvalue weighted by molar-refractivity contribution is 0.102.